The molecule has 0 aromatic heterocycles. The molecule has 3 heteroatoms. The topological polar surface area (TPSA) is 41.1 Å². The third kappa shape index (κ3) is 5.88. The van der Waals surface area contributed by atoms with E-state index in [2.05, 4.69) is 43.5 Å². The number of aryl methyl sites for hydroxylation is 1. The summed E-state index contributed by atoms with van der Waals surface area (Å²) in [5.41, 5.74) is 2.41. The Kier molecular flexibility index (Phi) is 6.57. The zero-order valence-corrected chi connectivity index (χ0v) is 12.5. The molecule has 0 bridgehead atoms. The van der Waals surface area contributed by atoms with Gasteiger partial charge in [0, 0.05) is 12.5 Å². The first-order chi connectivity index (χ1) is 9.00. The molecule has 0 aliphatic rings. The maximum Gasteiger partial charge on any atom is 0.220 e. The van der Waals surface area contributed by atoms with Crippen molar-refractivity contribution in [1.29, 1.82) is 0 Å². The second kappa shape index (κ2) is 7.95. The van der Waals surface area contributed by atoms with Crippen LogP contribution in [0.3, 0.4) is 0 Å². The van der Waals surface area contributed by atoms with Gasteiger partial charge in [0.25, 0.3) is 0 Å². The number of benzene rings is 1. The van der Waals surface area contributed by atoms with Crippen molar-refractivity contribution in [2.45, 2.75) is 52.6 Å². The van der Waals surface area contributed by atoms with E-state index in [4.69, 9.17) is 0 Å². The molecular formula is C16H26N2O. The van der Waals surface area contributed by atoms with E-state index < -0.39 is 0 Å². The molecule has 0 saturated carbocycles. The van der Waals surface area contributed by atoms with Crippen LogP contribution in [0.2, 0.25) is 0 Å². The first kappa shape index (κ1) is 15.7. The molecule has 1 amide bonds. The highest BCUT2D eigenvalue weighted by Gasteiger charge is 2.10. The summed E-state index contributed by atoms with van der Waals surface area (Å²) >= 11 is 0. The smallest absolute Gasteiger partial charge is 0.220 e. The molecule has 0 unspecified atom stereocenters. The van der Waals surface area contributed by atoms with E-state index in [1.807, 2.05) is 19.1 Å². The lowest BCUT2D eigenvalue weighted by atomic mass is 10.0. The third-order valence-corrected chi connectivity index (χ3v) is 3.17. The van der Waals surface area contributed by atoms with Crippen molar-refractivity contribution >= 4 is 5.91 Å². The Balaban J connectivity index is 2.34. The summed E-state index contributed by atoms with van der Waals surface area (Å²) in [6.45, 7) is 9.22. The molecule has 0 aliphatic carbocycles. The van der Waals surface area contributed by atoms with Gasteiger partial charge in [-0.2, -0.15) is 0 Å². The molecule has 0 saturated heterocycles. The van der Waals surface area contributed by atoms with Crippen molar-refractivity contribution in [2.24, 2.45) is 0 Å². The predicted octanol–water partition coefficient (Wildman–Crippen LogP) is 2.95. The second-order valence-corrected chi connectivity index (χ2v) is 5.36. The van der Waals surface area contributed by atoms with Gasteiger partial charge in [0.05, 0.1) is 6.04 Å². The number of rotatable bonds is 7. The number of hydrogen-bond acceptors (Lipinski definition) is 2. The van der Waals surface area contributed by atoms with Crippen molar-refractivity contribution in [3.05, 3.63) is 35.4 Å². The molecule has 2 N–H and O–H groups in total. The lowest BCUT2D eigenvalue weighted by Crippen LogP contribution is -2.29. The molecule has 1 aromatic carbocycles. The van der Waals surface area contributed by atoms with Crippen LogP contribution in [0.4, 0.5) is 0 Å². The van der Waals surface area contributed by atoms with E-state index in [0.717, 1.165) is 13.0 Å². The standard InChI is InChI=1S/C16H26N2O/c1-12(2)17-11-7-10-16(19)18-14(4)15-9-6-5-8-13(15)3/h5-6,8-9,12,14,17H,7,10-11H2,1-4H3,(H,18,19)/t14-/m0/s1. The van der Waals surface area contributed by atoms with Gasteiger partial charge in [0.1, 0.15) is 0 Å². The summed E-state index contributed by atoms with van der Waals surface area (Å²) in [5.74, 6) is 0.126. The Morgan fingerprint density at radius 2 is 1.89 bits per heavy atom. The van der Waals surface area contributed by atoms with E-state index >= 15 is 0 Å². The zero-order chi connectivity index (χ0) is 14.3. The Morgan fingerprint density at radius 3 is 2.53 bits per heavy atom. The summed E-state index contributed by atoms with van der Waals surface area (Å²) in [6, 6.07) is 8.73. The van der Waals surface area contributed by atoms with E-state index in [1.54, 1.807) is 0 Å². The van der Waals surface area contributed by atoms with Crippen LogP contribution in [-0.4, -0.2) is 18.5 Å². The van der Waals surface area contributed by atoms with Crippen LogP contribution in [0.15, 0.2) is 24.3 Å². The Hall–Kier alpha value is -1.35. The highest BCUT2D eigenvalue weighted by Crippen LogP contribution is 2.16. The van der Waals surface area contributed by atoms with Crippen molar-refractivity contribution in [3.8, 4) is 0 Å². The fraction of sp³-hybridized carbons (Fsp3) is 0.562. The SMILES string of the molecule is Cc1ccccc1[C@H](C)NC(=O)CCCNC(C)C. The van der Waals surface area contributed by atoms with E-state index in [9.17, 15) is 4.79 Å². The highest BCUT2D eigenvalue weighted by atomic mass is 16.1. The minimum absolute atomic E-state index is 0.0757. The summed E-state index contributed by atoms with van der Waals surface area (Å²) in [4.78, 5) is 11.8. The van der Waals surface area contributed by atoms with Gasteiger partial charge in [-0.05, 0) is 37.9 Å². The van der Waals surface area contributed by atoms with Gasteiger partial charge in [-0.25, -0.2) is 0 Å². The van der Waals surface area contributed by atoms with Crippen LogP contribution in [0, 0.1) is 6.92 Å². The molecule has 0 radical (unpaired) electrons. The van der Waals surface area contributed by atoms with Gasteiger partial charge >= 0.3 is 0 Å². The first-order valence-corrected chi connectivity index (χ1v) is 7.09. The average Bonchev–Trinajstić information content (AvgIpc) is 2.35. The number of amides is 1. The minimum atomic E-state index is 0.0757. The largest absolute Gasteiger partial charge is 0.350 e. The molecule has 0 heterocycles. The number of hydrogen-bond donors (Lipinski definition) is 2. The maximum atomic E-state index is 11.8. The van der Waals surface area contributed by atoms with Crippen LogP contribution in [0.25, 0.3) is 0 Å². The van der Waals surface area contributed by atoms with E-state index in [1.165, 1.54) is 11.1 Å². The van der Waals surface area contributed by atoms with Crippen molar-refractivity contribution in [3.63, 3.8) is 0 Å². The van der Waals surface area contributed by atoms with Crippen LogP contribution < -0.4 is 10.6 Å². The highest BCUT2D eigenvalue weighted by molar-refractivity contribution is 5.76. The van der Waals surface area contributed by atoms with Crippen molar-refractivity contribution in [1.82, 2.24) is 10.6 Å². The second-order valence-electron chi connectivity index (χ2n) is 5.36. The number of carbonyl (C=O) groups is 1. The molecule has 106 valence electrons. The first-order valence-electron chi connectivity index (χ1n) is 7.09. The molecule has 0 aliphatic heterocycles. The maximum absolute atomic E-state index is 11.8. The van der Waals surface area contributed by atoms with E-state index in [0.29, 0.717) is 12.5 Å². The molecule has 0 fully saturated rings. The van der Waals surface area contributed by atoms with Crippen molar-refractivity contribution < 1.29 is 4.79 Å². The summed E-state index contributed by atoms with van der Waals surface area (Å²) in [6.07, 6.45) is 1.46. The van der Waals surface area contributed by atoms with Crippen LogP contribution >= 0.6 is 0 Å². The zero-order valence-electron chi connectivity index (χ0n) is 12.5. The molecule has 1 atom stereocenters. The number of carbonyl (C=O) groups excluding carboxylic acids is 1. The van der Waals surface area contributed by atoms with Gasteiger partial charge in [-0.15, -0.1) is 0 Å². The third-order valence-electron chi connectivity index (χ3n) is 3.17. The summed E-state index contributed by atoms with van der Waals surface area (Å²) in [5, 5.41) is 6.37. The predicted molar refractivity (Wildman–Crippen MR) is 80.1 cm³/mol. The van der Waals surface area contributed by atoms with Crippen molar-refractivity contribution in [2.75, 3.05) is 6.54 Å². The van der Waals surface area contributed by atoms with Crippen LogP contribution in [0.1, 0.15) is 50.8 Å². The van der Waals surface area contributed by atoms with Crippen LogP contribution in [-0.2, 0) is 4.79 Å². The van der Waals surface area contributed by atoms with Gasteiger partial charge in [0.15, 0.2) is 0 Å². The molecule has 1 rings (SSSR count). The number of nitrogens with one attached hydrogen (secondary N) is 2. The Morgan fingerprint density at radius 1 is 1.21 bits per heavy atom. The fourth-order valence-corrected chi connectivity index (χ4v) is 2.10. The fourth-order valence-electron chi connectivity index (χ4n) is 2.10. The van der Waals surface area contributed by atoms with E-state index in [-0.39, 0.29) is 11.9 Å². The van der Waals surface area contributed by atoms with Gasteiger partial charge < -0.3 is 10.6 Å². The summed E-state index contributed by atoms with van der Waals surface area (Å²) < 4.78 is 0. The lowest BCUT2D eigenvalue weighted by molar-refractivity contribution is -0.121. The normalized spacial score (nSPS) is 12.5. The molecule has 19 heavy (non-hydrogen) atoms. The Labute approximate surface area is 116 Å². The van der Waals surface area contributed by atoms with Gasteiger partial charge in [-0.1, -0.05) is 38.1 Å². The quantitative estimate of drug-likeness (QED) is 0.742. The van der Waals surface area contributed by atoms with Gasteiger partial charge in [-0.3, -0.25) is 4.79 Å². The Bertz CT molecular complexity index is 401. The average molecular weight is 262 g/mol. The van der Waals surface area contributed by atoms with Gasteiger partial charge in [0.2, 0.25) is 5.91 Å². The molecule has 1 aromatic rings. The monoisotopic (exact) mass is 262 g/mol. The van der Waals surface area contributed by atoms with Crippen LogP contribution in [0.5, 0.6) is 0 Å². The molecular weight excluding hydrogens is 236 g/mol. The minimum Gasteiger partial charge on any atom is -0.350 e. The lowest BCUT2D eigenvalue weighted by Gasteiger charge is -2.16. The summed E-state index contributed by atoms with van der Waals surface area (Å²) in [7, 11) is 0. The molecule has 3 nitrogen and oxygen atoms in total. The molecule has 0 spiro atoms.